The number of hydrogen-bond donors (Lipinski definition) is 2. The molecule has 0 bridgehead atoms. The highest BCUT2D eigenvalue weighted by Crippen LogP contribution is 2.18. The van der Waals surface area contributed by atoms with Gasteiger partial charge in [0, 0.05) is 14.2 Å². The summed E-state index contributed by atoms with van der Waals surface area (Å²) in [5.74, 6) is 5.10. The van der Waals surface area contributed by atoms with Crippen LogP contribution in [0.3, 0.4) is 0 Å². The van der Waals surface area contributed by atoms with Gasteiger partial charge in [-0.05, 0) is 17.7 Å². The minimum atomic E-state index is -0.513. The zero-order chi connectivity index (χ0) is 11.3. The second-order valence-corrected chi connectivity index (χ2v) is 3.04. The van der Waals surface area contributed by atoms with Crippen molar-refractivity contribution in [2.24, 2.45) is 5.84 Å². The van der Waals surface area contributed by atoms with Crippen LogP contribution in [0.25, 0.3) is 0 Å². The number of hydrogen-bond acceptors (Lipinski definition) is 4. The van der Waals surface area contributed by atoms with Crippen LogP contribution in [-0.2, 0) is 9.47 Å². The van der Waals surface area contributed by atoms with Gasteiger partial charge in [-0.3, -0.25) is 5.84 Å². The maximum atomic E-state index is 12.7. The number of hydrazine groups is 1. The first kappa shape index (κ1) is 12.1. The first-order valence-electron chi connectivity index (χ1n) is 4.50. The summed E-state index contributed by atoms with van der Waals surface area (Å²) in [4.78, 5) is 0. The summed E-state index contributed by atoms with van der Waals surface area (Å²) in [7, 11) is 3.03. The third-order valence-electron chi connectivity index (χ3n) is 2.15. The summed E-state index contributed by atoms with van der Waals surface area (Å²) >= 11 is 0. The van der Waals surface area contributed by atoms with Crippen molar-refractivity contribution < 1.29 is 13.9 Å². The molecule has 4 nitrogen and oxygen atoms in total. The lowest BCUT2D eigenvalue weighted by molar-refractivity contribution is -0.124. The van der Waals surface area contributed by atoms with Gasteiger partial charge in [0.1, 0.15) is 5.82 Å². The molecule has 1 unspecified atom stereocenters. The van der Waals surface area contributed by atoms with Gasteiger partial charge in [0.2, 0.25) is 0 Å². The first-order valence-corrected chi connectivity index (χ1v) is 4.50. The molecular weight excluding hydrogens is 199 g/mol. The van der Waals surface area contributed by atoms with E-state index in [2.05, 4.69) is 5.43 Å². The Morgan fingerprint density at radius 2 is 1.73 bits per heavy atom. The SMILES string of the molecule is COC(OC)C(NN)c1ccc(F)cc1. The highest BCUT2D eigenvalue weighted by Gasteiger charge is 2.21. The summed E-state index contributed by atoms with van der Waals surface area (Å²) < 4.78 is 22.9. The van der Waals surface area contributed by atoms with Crippen LogP contribution in [0.2, 0.25) is 0 Å². The summed E-state index contributed by atoms with van der Waals surface area (Å²) in [6.45, 7) is 0. The van der Waals surface area contributed by atoms with Gasteiger partial charge in [0.05, 0.1) is 6.04 Å². The molecule has 84 valence electrons. The Labute approximate surface area is 88.1 Å². The Morgan fingerprint density at radius 1 is 1.20 bits per heavy atom. The first-order chi connectivity index (χ1) is 7.22. The second kappa shape index (κ2) is 5.77. The van der Waals surface area contributed by atoms with Crippen LogP contribution in [0.1, 0.15) is 11.6 Å². The molecule has 1 rings (SSSR count). The smallest absolute Gasteiger partial charge is 0.177 e. The maximum Gasteiger partial charge on any atom is 0.177 e. The van der Waals surface area contributed by atoms with Crippen molar-refractivity contribution in [3.8, 4) is 0 Å². The standard InChI is InChI=1S/C10H15FN2O2/c1-14-10(15-2)9(13-12)7-3-5-8(11)6-4-7/h3-6,9-10,13H,12H2,1-2H3. The number of halogens is 1. The normalized spacial score (nSPS) is 13.1. The zero-order valence-electron chi connectivity index (χ0n) is 8.74. The molecule has 0 aliphatic carbocycles. The van der Waals surface area contributed by atoms with Gasteiger partial charge < -0.3 is 9.47 Å². The number of benzene rings is 1. The molecule has 5 heteroatoms. The van der Waals surface area contributed by atoms with E-state index in [1.165, 1.54) is 26.4 Å². The molecule has 1 atom stereocenters. The Balaban J connectivity index is 2.86. The number of rotatable bonds is 5. The highest BCUT2D eigenvalue weighted by molar-refractivity contribution is 5.20. The van der Waals surface area contributed by atoms with Crippen LogP contribution in [0.5, 0.6) is 0 Å². The van der Waals surface area contributed by atoms with E-state index in [-0.39, 0.29) is 11.9 Å². The number of methoxy groups -OCH3 is 2. The predicted molar refractivity (Wildman–Crippen MR) is 54.3 cm³/mol. The van der Waals surface area contributed by atoms with Gasteiger partial charge >= 0.3 is 0 Å². The largest absolute Gasteiger partial charge is 0.354 e. The summed E-state index contributed by atoms with van der Waals surface area (Å²) in [6.07, 6.45) is -0.513. The topological polar surface area (TPSA) is 56.5 Å². The number of ether oxygens (including phenoxy) is 2. The van der Waals surface area contributed by atoms with E-state index in [1.807, 2.05) is 0 Å². The van der Waals surface area contributed by atoms with Gasteiger partial charge in [0.15, 0.2) is 6.29 Å². The van der Waals surface area contributed by atoms with Crippen molar-refractivity contribution in [2.75, 3.05) is 14.2 Å². The van der Waals surface area contributed by atoms with E-state index < -0.39 is 6.29 Å². The predicted octanol–water partition coefficient (Wildman–Crippen LogP) is 0.949. The molecule has 0 fully saturated rings. The fourth-order valence-corrected chi connectivity index (χ4v) is 1.37. The highest BCUT2D eigenvalue weighted by atomic mass is 19.1. The van der Waals surface area contributed by atoms with E-state index in [0.717, 1.165) is 5.56 Å². The quantitative estimate of drug-likeness (QED) is 0.435. The molecule has 0 amide bonds. The van der Waals surface area contributed by atoms with Crippen molar-refractivity contribution in [2.45, 2.75) is 12.3 Å². The monoisotopic (exact) mass is 214 g/mol. The van der Waals surface area contributed by atoms with Crippen LogP contribution in [-0.4, -0.2) is 20.5 Å². The van der Waals surface area contributed by atoms with Crippen molar-refractivity contribution in [3.63, 3.8) is 0 Å². The van der Waals surface area contributed by atoms with Gasteiger partial charge in [-0.2, -0.15) is 0 Å². The van der Waals surface area contributed by atoms with E-state index in [4.69, 9.17) is 15.3 Å². The van der Waals surface area contributed by atoms with E-state index in [0.29, 0.717) is 0 Å². The fourth-order valence-electron chi connectivity index (χ4n) is 1.37. The van der Waals surface area contributed by atoms with E-state index in [1.54, 1.807) is 12.1 Å². The molecule has 0 saturated heterocycles. The van der Waals surface area contributed by atoms with Gasteiger partial charge in [-0.1, -0.05) is 12.1 Å². The van der Waals surface area contributed by atoms with Crippen LogP contribution in [0.15, 0.2) is 24.3 Å². The Kier molecular flexibility index (Phi) is 4.64. The molecule has 0 aliphatic heterocycles. The Bertz CT molecular complexity index is 288. The molecule has 0 heterocycles. The lowest BCUT2D eigenvalue weighted by atomic mass is 10.1. The lowest BCUT2D eigenvalue weighted by Crippen LogP contribution is -2.38. The zero-order valence-corrected chi connectivity index (χ0v) is 8.74. The molecule has 1 aromatic rings. The Morgan fingerprint density at radius 3 is 2.13 bits per heavy atom. The molecule has 0 aliphatic rings. The fraction of sp³-hybridized carbons (Fsp3) is 0.400. The minimum Gasteiger partial charge on any atom is -0.354 e. The Hall–Kier alpha value is -1.01. The van der Waals surface area contributed by atoms with Crippen molar-refractivity contribution in [3.05, 3.63) is 35.6 Å². The van der Waals surface area contributed by atoms with Crippen LogP contribution < -0.4 is 11.3 Å². The molecule has 0 saturated carbocycles. The molecule has 3 N–H and O–H groups in total. The van der Waals surface area contributed by atoms with Gasteiger partial charge in [0.25, 0.3) is 0 Å². The summed E-state index contributed by atoms with van der Waals surface area (Å²) in [5.41, 5.74) is 3.37. The molecule has 1 aromatic carbocycles. The molecule has 0 spiro atoms. The summed E-state index contributed by atoms with van der Waals surface area (Å²) in [5, 5.41) is 0. The number of nitrogens with one attached hydrogen (secondary N) is 1. The molecular formula is C10H15FN2O2. The lowest BCUT2D eigenvalue weighted by Gasteiger charge is -2.24. The molecule has 0 aromatic heterocycles. The average Bonchev–Trinajstić information content (AvgIpc) is 2.27. The maximum absolute atomic E-state index is 12.7. The van der Waals surface area contributed by atoms with Crippen LogP contribution in [0, 0.1) is 5.82 Å². The molecule has 0 radical (unpaired) electrons. The van der Waals surface area contributed by atoms with E-state index >= 15 is 0 Å². The van der Waals surface area contributed by atoms with E-state index in [9.17, 15) is 4.39 Å². The average molecular weight is 214 g/mol. The molecule has 15 heavy (non-hydrogen) atoms. The third kappa shape index (κ3) is 2.97. The van der Waals surface area contributed by atoms with Crippen LogP contribution >= 0.6 is 0 Å². The van der Waals surface area contributed by atoms with Crippen molar-refractivity contribution in [1.82, 2.24) is 5.43 Å². The van der Waals surface area contributed by atoms with Crippen molar-refractivity contribution in [1.29, 1.82) is 0 Å². The van der Waals surface area contributed by atoms with Crippen LogP contribution in [0.4, 0.5) is 4.39 Å². The van der Waals surface area contributed by atoms with Crippen molar-refractivity contribution >= 4 is 0 Å². The van der Waals surface area contributed by atoms with Gasteiger partial charge in [-0.15, -0.1) is 0 Å². The summed E-state index contributed by atoms with van der Waals surface area (Å²) in [6, 6.07) is 5.65. The third-order valence-corrected chi connectivity index (χ3v) is 2.15. The number of nitrogens with two attached hydrogens (primary N) is 1. The minimum absolute atomic E-state index is 0.291. The second-order valence-electron chi connectivity index (χ2n) is 3.04. The van der Waals surface area contributed by atoms with Gasteiger partial charge in [-0.25, -0.2) is 9.82 Å².